The fraction of sp³-hybridized carbons (Fsp3) is 0.211. The molecule has 1 N–H and O–H groups in total. The van der Waals surface area contributed by atoms with E-state index in [4.69, 9.17) is 4.74 Å². The molecule has 1 aromatic heterocycles. The number of anilines is 1. The number of H-pyrrole nitrogens is 1. The van der Waals surface area contributed by atoms with E-state index in [-0.39, 0.29) is 5.91 Å². The number of carbonyl (C=O) groups is 1. The van der Waals surface area contributed by atoms with E-state index >= 15 is 0 Å². The largest absolute Gasteiger partial charge is 0.494 e. The molecule has 6 nitrogen and oxygen atoms in total. The molecule has 3 aromatic rings. The zero-order valence-electron chi connectivity index (χ0n) is 14.5. The van der Waals surface area contributed by atoms with Gasteiger partial charge in [0.2, 0.25) is 0 Å². The molecule has 0 radical (unpaired) electrons. The third-order valence-corrected chi connectivity index (χ3v) is 3.83. The summed E-state index contributed by atoms with van der Waals surface area (Å²) in [5, 5.41) is 6.93. The van der Waals surface area contributed by atoms with Crippen molar-refractivity contribution >= 4 is 11.6 Å². The van der Waals surface area contributed by atoms with Gasteiger partial charge in [-0.25, -0.2) is 4.98 Å². The number of aromatic nitrogens is 3. The Labute approximate surface area is 146 Å². The van der Waals surface area contributed by atoms with Crippen molar-refractivity contribution in [2.24, 2.45) is 0 Å². The molecule has 2 aromatic carbocycles. The lowest BCUT2D eigenvalue weighted by atomic mass is 10.1. The van der Waals surface area contributed by atoms with Crippen LogP contribution in [0.4, 0.5) is 5.69 Å². The molecular formula is C19H20N4O2. The highest BCUT2D eigenvalue weighted by Gasteiger charge is 2.14. The average molecular weight is 336 g/mol. The van der Waals surface area contributed by atoms with Crippen molar-refractivity contribution in [2.75, 3.05) is 18.6 Å². The molecule has 128 valence electrons. The third-order valence-electron chi connectivity index (χ3n) is 3.83. The van der Waals surface area contributed by atoms with Gasteiger partial charge in [0.1, 0.15) is 11.6 Å². The third kappa shape index (κ3) is 3.68. The molecule has 3 rings (SSSR count). The van der Waals surface area contributed by atoms with Gasteiger partial charge in [-0.2, -0.15) is 5.10 Å². The van der Waals surface area contributed by atoms with Crippen molar-refractivity contribution in [3.63, 3.8) is 0 Å². The summed E-state index contributed by atoms with van der Waals surface area (Å²) in [5.74, 6) is 2.09. The van der Waals surface area contributed by atoms with Gasteiger partial charge in [-0.1, -0.05) is 12.1 Å². The maximum absolute atomic E-state index is 12.7. The van der Waals surface area contributed by atoms with Crippen molar-refractivity contribution in [1.29, 1.82) is 0 Å². The summed E-state index contributed by atoms with van der Waals surface area (Å²) in [7, 11) is 1.75. The van der Waals surface area contributed by atoms with Gasteiger partial charge < -0.3 is 9.64 Å². The summed E-state index contributed by atoms with van der Waals surface area (Å²) in [5.41, 5.74) is 2.28. The summed E-state index contributed by atoms with van der Waals surface area (Å²) in [6.07, 6.45) is 0. The summed E-state index contributed by atoms with van der Waals surface area (Å²) >= 11 is 0. The van der Waals surface area contributed by atoms with Crippen LogP contribution < -0.4 is 9.64 Å². The van der Waals surface area contributed by atoms with Crippen LogP contribution in [0, 0.1) is 6.92 Å². The highest BCUT2D eigenvalue weighted by Crippen LogP contribution is 2.21. The molecule has 1 amide bonds. The Morgan fingerprint density at radius 2 is 1.80 bits per heavy atom. The quantitative estimate of drug-likeness (QED) is 0.774. The highest BCUT2D eigenvalue weighted by atomic mass is 16.5. The molecule has 6 heteroatoms. The van der Waals surface area contributed by atoms with E-state index in [2.05, 4.69) is 15.2 Å². The second-order valence-corrected chi connectivity index (χ2v) is 5.61. The fourth-order valence-electron chi connectivity index (χ4n) is 2.48. The second-order valence-electron chi connectivity index (χ2n) is 5.61. The number of hydrogen-bond donors (Lipinski definition) is 1. The van der Waals surface area contributed by atoms with Crippen molar-refractivity contribution in [1.82, 2.24) is 15.2 Å². The molecule has 1 heterocycles. The summed E-state index contributed by atoms with van der Waals surface area (Å²) in [6.45, 7) is 4.40. The SMILES string of the molecule is CCOc1ccc(N(C)C(=O)c2ccc(-c3n[nH]c(C)n3)cc2)cc1. The van der Waals surface area contributed by atoms with Crippen molar-refractivity contribution < 1.29 is 9.53 Å². The van der Waals surface area contributed by atoms with Gasteiger partial charge in [0, 0.05) is 23.9 Å². The first-order valence-electron chi connectivity index (χ1n) is 8.09. The van der Waals surface area contributed by atoms with Gasteiger partial charge >= 0.3 is 0 Å². The molecule has 0 aliphatic heterocycles. The predicted molar refractivity (Wildman–Crippen MR) is 96.9 cm³/mol. The lowest BCUT2D eigenvalue weighted by Crippen LogP contribution is -2.26. The summed E-state index contributed by atoms with van der Waals surface area (Å²) in [6, 6.07) is 14.7. The zero-order chi connectivity index (χ0) is 17.8. The number of benzene rings is 2. The van der Waals surface area contributed by atoms with Crippen LogP contribution in [0.1, 0.15) is 23.1 Å². The number of amides is 1. The highest BCUT2D eigenvalue weighted by molar-refractivity contribution is 6.05. The van der Waals surface area contributed by atoms with Crippen LogP contribution in [-0.2, 0) is 0 Å². The number of aryl methyl sites for hydroxylation is 1. The smallest absolute Gasteiger partial charge is 0.258 e. The minimum atomic E-state index is -0.0816. The minimum Gasteiger partial charge on any atom is -0.494 e. The van der Waals surface area contributed by atoms with E-state index in [1.54, 1.807) is 24.1 Å². The Bertz CT molecular complexity index is 854. The van der Waals surface area contributed by atoms with E-state index in [9.17, 15) is 4.79 Å². The van der Waals surface area contributed by atoms with Gasteiger partial charge in [0.25, 0.3) is 5.91 Å². The Kier molecular flexibility index (Phi) is 4.79. The predicted octanol–water partition coefficient (Wildman–Crippen LogP) is 3.46. The van der Waals surface area contributed by atoms with Crippen molar-refractivity contribution in [3.05, 3.63) is 59.9 Å². The molecule has 0 atom stereocenters. The Balaban J connectivity index is 1.75. The van der Waals surface area contributed by atoms with Crippen LogP contribution in [0.5, 0.6) is 5.75 Å². The number of hydrogen-bond acceptors (Lipinski definition) is 4. The number of aromatic amines is 1. The first kappa shape index (κ1) is 16.7. The molecule has 0 saturated carbocycles. The first-order valence-corrected chi connectivity index (χ1v) is 8.09. The van der Waals surface area contributed by atoms with E-state index < -0.39 is 0 Å². The minimum absolute atomic E-state index is 0.0816. The molecule has 0 fully saturated rings. The first-order chi connectivity index (χ1) is 12.1. The van der Waals surface area contributed by atoms with Crippen LogP contribution in [-0.4, -0.2) is 34.7 Å². The Morgan fingerprint density at radius 3 is 2.36 bits per heavy atom. The van der Waals surface area contributed by atoms with Gasteiger partial charge in [0.05, 0.1) is 6.61 Å². The van der Waals surface area contributed by atoms with Gasteiger partial charge in [0.15, 0.2) is 5.82 Å². The number of ether oxygens (including phenoxy) is 1. The molecule has 0 aliphatic carbocycles. The molecule has 0 aliphatic rings. The Morgan fingerprint density at radius 1 is 1.12 bits per heavy atom. The molecule has 0 spiro atoms. The van der Waals surface area contributed by atoms with E-state index in [1.165, 1.54) is 0 Å². The standard InChI is InChI=1S/C19H20N4O2/c1-4-25-17-11-9-16(10-12-17)23(3)19(24)15-7-5-14(6-8-15)18-20-13(2)21-22-18/h5-12H,4H2,1-3H3,(H,20,21,22). The van der Waals surface area contributed by atoms with Crippen LogP contribution >= 0.6 is 0 Å². The lowest BCUT2D eigenvalue weighted by Gasteiger charge is -2.18. The van der Waals surface area contributed by atoms with Crippen LogP contribution in [0.2, 0.25) is 0 Å². The fourth-order valence-corrected chi connectivity index (χ4v) is 2.48. The van der Waals surface area contributed by atoms with Gasteiger partial charge in [-0.3, -0.25) is 9.89 Å². The summed E-state index contributed by atoms with van der Waals surface area (Å²) in [4.78, 5) is 18.6. The molecule has 0 bridgehead atoms. The maximum atomic E-state index is 12.7. The Hall–Kier alpha value is -3.15. The monoisotopic (exact) mass is 336 g/mol. The van der Waals surface area contributed by atoms with Crippen molar-refractivity contribution in [2.45, 2.75) is 13.8 Å². The second kappa shape index (κ2) is 7.17. The van der Waals surface area contributed by atoms with Crippen molar-refractivity contribution in [3.8, 4) is 17.1 Å². The summed E-state index contributed by atoms with van der Waals surface area (Å²) < 4.78 is 5.42. The van der Waals surface area contributed by atoms with E-state index in [0.29, 0.717) is 18.0 Å². The average Bonchev–Trinajstić information content (AvgIpc) is 3.08. The van der Waals surface area contributed by atoms with Crippen LogP contribution in [0.25, 0.3) is 11.4 Å². The van der Waals surface area contributed by atoms with Gasteiger partial charge in [-0.15, -0.1) is 0 Å². The molecular weight excluding hydrogens is 316 g/mol. The number of rotatable bonds is 5. The van der Waals surface area contributed by atoms with Crippen LogP contribution in [0.15, 0.2) is 48.5 Å². The number of nitrogens with one attached hydrogen (secondary N) is 1. The topological polar surface area (TPSA) is 71.1 Å². The number of nitrogens with zero attached hydrogens (tertiary/aromatic N) is 3. The maximum Gasteiger partial charge on any atom is 0.258 e. The van der Waals surface area contributed by atoms with Gasteiger partial charge in [-0.05, 0) is 50.2 Å². The van der Waals surface area contributed by atoms with Crippen LogP contribution in [0.3, 0.4) is 0 Å². The van der Waals surface area contributed by atoms with E-state index in [1.807, 2.05) is 50.2 Å². The lowest BCUT2D eigenvalue weighted by molar-refractivity contribution is 0.0993. The molecule has 0 saturated heterocycles. The van der Waals surface area contributed by atoms with E-state index in [0.717, 1.165) is 22.8 Å². The normalized spacial score (nSPS) is 10.5. The molecule has 0 unspecified atom stereocenters. The zero-order valence-corrected chi connectivity index (χ0v) is 14.5. The molecule has 25 heavy (non-hydrogen) atoms. The number of carbonyl (C=O) groups excluding carboxylic acids is 1.